The normalized spacial score (nSPS) is 16.2. The lowest BCUT2D eigenvalue weighted by molar-refractivity contribution is 0.100. The van der Waals surface area contributed by atoms with Gasteiger partial charge in [0.05, 0.1) is 19.2 Å². The van der Waals surface area contributed by atoms with Crippen LogP contribution in [0.3, 0.4) is 0 Å². The molecule has 0 atom stereocenters. The van der Waals surface area contributed by atoms with E-state index >= 15 is 0 Å². The molecule has 20 heavy (non-hydrogen) atoms. The summed E-state index contributed by atoms with van der Waals surface area (Å²) in [4.78, 5) is 11.9. The lowest BCUT2D eigenvalue weighted by Gasteiger charge is -2.10. The summed E-state index contributed by atoms with van der Waals surface area (Å²) in [6.45, 7) is 1.96. The number of ether oxygens (including phenoxy) is 1. The van der Waals surface area contributed by atoms with E-state index in [-0.39, 0.29) is 11.5 Å². The summed E-state index contributed by atoms with van der Waals surface area (Å²) in [5.41, 5.74) is 3.54. The molecular weight excluding hydrogens is 254 g/mol. The molecule has 4 heteroatoms. The highest BCUT2D eigenvalue weighted by molar-refractivity contribution is 6.08. The fourth-order valence-corrected chi connectivity index (χ4v) is 2.57. The maximum Gasteiger partial charge on any atom is 0.185 e. The highest BCUT2D eigenvalue weighted by atomic mass is 16.5. The summed E-state index contributed by atoms with van der Waals surface area (Å²) in [5.74, 6) is 0.666. The van der Waals surface area contributed by atoms with E-state index in [1.54, 1.807) is 12.1 Å². The van der Waals surface area contributed by atoms with E-state index in [0.29, 0.717) is 12.2 Å². The maximum atomic E-state index is 11.9. The molecule has 0 fully saturated rings. The quantitative estimate of drug-likeness (QED) is 0.911. The van der Waals surface area contributed by atoms with Gasteiger partial charge in [0.2, 0.25) is 0 Å². The van der Waals surface area contributed by atoms with Crippen LogP contribution < -0.4 is 4.74 Å². The number of aromatic nitrogens is 1. The van der Waals surface area contributed by atoms with Crippen LogP contribution in [0.25, 0.3) is 11.3 Å². The minimum Gasteiger partial charge on any atom is -0.504 e. The van der Waals surface area contributed by atoms with Gasteiger partial charge in [-0.15, -0.1) is 0 Å². The van der Waals surface area contributed by atoms with E-state index in [9.17, 15) is 9.90 Å². The van der Waals surface area contributed by atoms with Gasteiger partial charge in [0.1, 0.15) is 0 Å². The Balaban J connectivity index is 2.09. The number of phenolic OH excluding ortho intramolecular Hbond substituents is 1. The minimum atomic E-state index is 0.0991. The number of rotatable bonds is 2. The fraction of sp³-hybridized carbons (Fsp3) is 0.188. The van der Waals surface area contributed by atoms with Gasteiger partial charge in [-0.25, -0.2) is 0 Å². The Hall–Kier alpha value is -2.49. The highest BCUT2D eigenvalue weighted by Gasteiger charge is 2.25. The number of aromatic hydroxyl groups is 1. The number of fused-ring (bicyclic) bond motifs is 1. The Morgan fingerprint density at radius 2 is 2.15 bits per heavy atom. The third kappa shape index (κ3) is 1.81. The first kappa shape index (κ1) is 12.5. The van der Waals surface area contributed by atoms with Crippen LogP contribution in [0.15, 0.2) is 36.5 Å². The molecule has 1 N–H and O–H groups in total. The molecule has 0 saturated heterocycles. The van der Waals surface area contributed by atoms with Gasteiger partial charge in [0, 0.05) is 11.9 Å². The van der Waals surface area contributed by atoms with Crippen LogP contribution in [0.5, 0.6) is 11.5 Å². The second kappa shape index (κ2) is 4.56. The molecule has 3 rings (SSSR count). The van der Waals surface area contributed by atoms with Crippen LogP contribution >= 0.6 is 0 Å². The summed E-state index contributed by atoms with van der Waals surface area (Å²) in [7, 11) is 1.52. The van der Waals surface area contributed by atoms with Crippen molar-refractivity contribution in [3.63, 3.8) is 0 Å². The number of carbonyl (C=O) groups is 1. The zero-order valence-electron chi connectivity index (χ0n) is 11.4. The Morgan fingerprint density at radius 1 is 1.35 bits per heavy atom. The van der Waals surface area contributed by atoms with Gasteiger partial charge in [-0.3, -0.25) is 4.79 Å². The lowest BCUT2D eigenvalue weighted by atomic mass is 10.0. The second-order valence-electron chi connectivity index (χ2n) is 4.82. The first-order chi connectivity index (χ1) is 9.61. The Labute approximate surface area is 116 Å². The largest absolute Gasteiger partial charge is 0.504 e. The molecule has 0 amide bonds. The Morgan fingerprint density at radius 3 is 2.85 bits per heavy atom. The molecule has 2 heterocycles. The van der Waals surface area contributed by atoms with Crippen LogP contribution in [0.2, 0.25) is 0 Å². The number of allylic oxidation sites excluding steroid dienone is 2. The molecule has 2 aromatic rings. The average molecular weight is 269 g/mol. The number of nitrogens with zero attached hydrogens (tertiary/aromatic N) is 1. The molecule has 102 valence electrons. The smallest absolute Gasteiger partial charge is 0.185 e. The third-order valence-electron chi connectivity index (χ3n) is 3.70. The van der Waals surface area contributed by atoms with Gasteiger partial charge in [0.25, 0.3) is 0 Å². The Kier molecular flexibility index (Phi) is 2.86. The molecule has 0 unspecified atom stereocenters. The van der Waals surface area contributed by atoms with Crippen molar-refractivity contribution in [1.29, 1.82) is 0 Å². The zero-order valence-corrected chi connectivity index (χ0v) is 11.4. The molecule has 1 aromatic carbocycles. The van der Waals surface area contributed by atoms with Crippen molar-refractivity contribution in [3.05, 3.63) is 47.8 Å². The highest BCUT2D eigenvalue weighted by Crippen LogP contribution is 2.35. The molecule has 4 nitrogen and oxygen atoms in total. The van der Waals surface area contributed by atoms with Crippen molar-refractivity contribution in [2.24, 2.45) is 0 Å². The monoisotopic (exact) mass is 269 g/mol. The number of Topliss-reactive ketones (excluding diaryl/α,β-unsaturated/α-hetero) is 1. The van der Waals surface area contributed by atoms with Crippen molar-refractivity contribution in [1.82, 2.24) is 4.57 Å². The van der Waals surface area contributed by atoms with Crippen molar-refractivity contribution in [2.45, 2.75) is 13.3 Å². The molecule has 1 aliphatic heterocycles. The maximum absolute atomic E-state index is 11.9. The standard InChI is InChI=1S/C16H15NO3/c1-10(11-5-6-16(20-2)15(19)8-11)13-9-14(18)12-4-3-7-17(12)13/h3-8,19H,9H2,1-2H3/b13-10-. The van der Waals surface area contributed by atoms with Gasteiger partial charge in [-0.1, -0.05) is 6.07 Å². The SMILES string of the molecule is COc1ccc(/C(C)=C2/CC(=O)c3cccn32)cc1O. The van der Waals surface area contributed by atoms with E-state index in [1.807, 2.05) is 35.9 Å². The molecular formula is C16H15NO3. The number of benzene rings is 1. The predicted molar refractivity (Wildman–Crippen MR) is 76.8 cm³/mol. The van der Waals surface area contributed by atoms with Crippen molar-refractivity contribution >= 4 is 17.1 Å². The van der Waals surface area contributed by atoms with E-state index in [4.69, 9.17) is 4.74 Å². The fourth-order valence-electron chi connectivity index (χ4n) is 2.57. The topological polar surface area (TPSA) is 51.5 Å². The third-order valence-corrected chi connectivity index (χ3v) is 3.70. The van der Waals surface area contributed by atoms with Crippen LogP contribution in [-0.2, 0) is 0 Å². The number of ketones is 1. The van der Waals surface area contributed by atoms with Gasteiger partial charge in [-0.2, -0.15) is 0 Å². The van der Waals surface area contributed by atoms with Crippen LogP contribution in [0.1, 0.15) is 29.4 Å². The van der Waals surface area contributed by atoms with Gasteiger partial charge < -0.3 is 14.4 Å². The number of hydrogen-bond acceptors (Lipinski definition) is 3. The molecule has 0 saturated carbocycles. The van der Waals surface area contributed by atoms with E-state index in [2.05, 4.69) is 0 Å². The summed E-state index contributed by atoms with van der Waals surface area (Å²) in [6, 6.07) is 8.96. The molecule has 0 bridgehead atoms. The Bertz CT molecular complexity index is 725. The van der Waals surface area contributed by atoms with Crippen LogP contribution in [-0.4, -0.2) is 22.6 Å². The average Bonchev–Trinajstić information content (AvgIpc) is 3.02. The number of hydrogen-bond donors (Lipinski definition) is 1. The molecule has 1 aliphatic rings. The lowest BCUT2D eigenvalue weighted by Crippen LogP contribution is -1.93. The second-order valence-corrected chi connectivity index (χ2v) is 4.82. The van der Waals surface area contributed by atoms with E-state index in [0.717, 1.165) is 22.5 Å². The van der Waals surface area contributed by atoms with Crippen molar-refractivity contribution in [2.75, 3.05) is 7.11 Å². The first-order valence-corrected chi connectivity index (χ1v) is 6.40. The summed E-state index contributed by atoms with van der Waals surface area (Å²) < 4.78 is 6.96. The molecule has 0 spiro atoms. The number of carbonyl (C=O) groups excluding carboxylic acids is 1. The van der Waals surface area contributed by atoms with Crippen molar-refractivity contribution < 1.29 is 14.6 Å². The summed E-state index contributed by atoms with van der Waals surface area (Å²) in [6.07, 6.45) is 2.29. The zero-order chi connectivity index (χ0) is 14.3. The minimum absolute atomic E-state index is 0.0991. The summed E-state index contributed by atoms with van der Waals surface area (Å²) >= 11 is 0. The molecule has 1 aromatic heterocycles. The van der Waals surface area contributed by atoms with Gasteiger partial charge in [-0.05, 0) is 42.3 Å². The first-order valence-electron chi connectivity index (χ1n) is 6.40. The van der Waals surface area contributed by atoms with Gasteiger partial charge in [0.15, 0.2) is 17.3 Å². The van der Waals surface area contributed by atoms with Crippen LogP contribution in [0, 0.1) is 0 Å². The number of methoxy groups -OCH3 is 1. The molecule has 0 radical (unpaired) electrons. The van der Waals surface area contributed by atoms with Crippen molar-refractivity contribution in [3.8, 4) is 11.5 Å². The molecule has 0 aliphatic carbocycles. The number of phenols is 1. The van der Waals surface area contributed by atoms with E-state index < -0.39 is 0 Å². The van der Waals surface area contributed by atoms with Gasteiger partial charge >= 0.3 is 0 Å². The summed E-state index contributed by atoms with van der Waals surface area (Å²) in [5, 5.41) is 9.87. The predicted octanol–water partition coefficient (Wildman–Crippen LogP) is 3.18. The van der Waals surface area contributed by atoms with E-state index in [1.165, 1.54) is 7.11 Å². The van der Waals surface area contributed by atoms with Crippen LogP contribution in [0.4, 0.5) is 0 Å².